The smallest absolute Gasteiger partial charge is 0.335 e. The van der Waals surface area contributed by atoms with Crippen LogP contribution in [0.15, 0.2) is 24.3 Å². The summed E-state index contributed by atoms with van der Waals surface area (Å²) in [6, 6.07) is 7.28. The highest BCUT2D eigenvalue weighted by Gasteiger charge is 2.56. The van der Waals surface area contributed by atoms with E-state index in [-0.39, 0.29) is 23.6 Å². The molecule has 140 valence electrons. The number of aromatic carboxylic acids is 1. The summed E-state index contributed by atoms with van der Waals surface area (Å²) in [5, 5.41) is 19.2. The first-order chi connectivity index (χ1) is 12.4. The van der Waals surface area contributed by atoms with Gasteiger partial charge in [-0.2, -0.15) is 0 Å². The molecule has 7 heteroatoms. The van der Waals surface area contributed by atoms with Gasteiger partial charge in [0.15, 0.2) is 0 Å². The molecule has 0 radical (unpaired) electrons. The minimum Gasteiger partial charge on any atom is -0.478 e. The highest BCUT2D eigenvalue weighted by Crippen LogP contribution is 2.39. The third-order valence-electron chi connectivity index (χ3n) is 5.98. The molecule has 3 fully saturated rings. The molecule has 3 aliphatic heterocycles. The van der Waals surface area contributed by atoms with Crippen molar-refractivity contribution in [2.75, 3.05) is 32.7 Å². The zero-order chi connectivity index (χ0) is 18.5. The van der Waals surface area contributed by atoms with Gasteiger partial charge in [0.25, 0.3) is 0 Å². The Hall–Kier alpha value is -1.96. The van der Waals surface area contributed by atoms with Crippen LogP contribution in [0.2, 0.25) is 0 Å². The summed E-state index contributed by atoms with van der Waals surface area (Å²) >= 11 is 0. The normalized spacial score (nSPS) is 28.0. The number of carboxylic acid groups (broad SMARTS) is 1. The number of carboxylic acids is 1. The molecule has 0 saturated carbocycles. The lowest BCUT2D eigenvalue weighted by Crippen LogP contribution is -2.78. The Morgan fingerprint density at radius 2 is 2.00 bits per heavy atom. The van der Waals surface area contributed by atoms with Crippen molar-refractivity contribution in [2.45, 2.75) is 37.6 Å². The van der Waals surface area contributed by atoms with Crippen molar-refractivity contribution in [2.24, 2.45) is 0 Å². The van der Waals surface area contributed by atoms with Crippen molar-refractivity contribution >= 4 is 11.9 Å². The first-order valence-electron chi connectivity index (χ1n) is 9.11. The minimum absolute atomic E-state index is 0.0868. The van der Waals surface area contributed by atoms with Gasteiger partial charge in [0.2, 0.25) is 5.91 Å². The number of rotatable bonds is 3. The Labute approximate surface area is 152 Å². The second-order valence-corrected chi connectivity index (χ2v) is 7.97. The summed E-state index contributed by atoms with van der Waals surface area (Å²) in [6.07, 6.45) is 0.414. The molecule has 3 saturated heterocycles. The third-order valence-corrected chi connectivity index (χ3v) is 5.98. The van der Waals surface area contributed by atoms with Crippen molar-refractivity contribution in [3.63, 3.8) is 0 Å². The number of carbonyl (C=O) groups excluding carboxylic acids is 1. The van der Waals surface area contributed by atoms with Gasteiger partial charge in [-0.1, -0.05) is 12.1 Å². The Morgan fingerprint density at radius 1 is 1.23 bits per heavy atom. The zero-order valence-electron chi connectivity index (χ0n) is 15.0. The second-order valence-electron chi connectivity index (χ2n) is 7.97. The van der Waals surface area contributed by atoms with Gasteiger partial charge in [0.05, 0.1) is 17.2 Å². The summed E-state index contributed by atoms with van der Waals surface area (Å²) in [4.78, 5) is 29.7. The van der Waals surface area contributed by atoms with Crippen LogP contribution in [0.1, 0.15) is 29.3 Å². The molecule has 2 N–H and O–H groups in total. The number of hydrogen-bond donors (Lipinski definition) is 2. The fourth-order valence-electron chi connectivity index (χ4n) is 4.89. The van der Waals surface area contributed by atoms with Crippen LogP contribution in [0.5, 0.6) is 0 Å². The van der Waals surface area contributed by atoms with Crippen LogP contribution >= 0.6 is 0 Å². The number of aliphatic hydroxyl groups excluding tert-OH is 1. The van der Waals surface area contributed by atoms with Crippen LogP contribution in [0.4, 0.5) is 0 Å². The quantitative estimate of drug-likeness (QED) is 0.804. The molecule has 1 amide bonds. The fraction of sp³-hybridized carbons (Fsp3) is 0.579. The van der Waals surface area contributed by atoms with Gasteiger partial charge in [-0.25, -0.2) is 4.79 Å². The van der Waals surface area contributed by atoms with Gasteiger partial charge in [0, 0.05) is 52.2 Å². The lowest BCUT2D eigenvalue weighted by Gasteiger charge is -2.61. The van der Waals surface area contributed by atoms with Gasteiger partial charge in [-0.15, -0.1) is 0 Å². The Kier molecular flexibility index (Phi) is 4.25. The standard InChI is InChI=1S/C19H25N3O4/c1-13(23)21-8-16-6-17(24)9-22(16)19(12-21)10-20(11-19)7-14-3-2-4-15(5-14)18(25)26/h2-5,16-17,24H,6-12H2,1H3,(H,25,26)/t16-,17+/m0/s1. The molecular formula is C19H25N3O4. The lowest BCUT2D eigenvalue weighted by atomic mass is 9.83. The predicted octanol–water partition coefficient (Wildman–Crippen LogP) is 0.237. The molecule has 0 aromatic heterocycles. The van der Waals surface area contributed by atoms with Crippen molar-refractivity contribution in [3.8, 4) is 0 Å². The van der Waals surface area contributed by atoms with E-state index in [2.05, 4.69) is 9.80 Å². The van der Waals surface area contributed by atoms with Crippen molar-refractivity contribution < 1.29 is 19.8 Å². The van der Waals surface area contributed by atoms with Crippen LogP contribution in [-0.4, -0.2) is 87.2 Å². The number of likely N-dealkylation sites (tertiary alicyclic amines) is 1. The maximum absolute atomic E-state index is 11.9. The average Bonchev–Trinajstić information content (AvgIpc) is 2.94. The van der Waals surface area contributed by atoms with E-state index in [0.717, 1.165) is 25.1 Å². The van der Waals surface area contributed by atoms with Gasteiger partial charge in [-0.3, -0.25) is 14.6 Å². The monoisotopic (exact) mass is 359 g/mol. The number of nitrogens with zero attached hydrogens (tertiary/aromatic N) is 3. The van der Waals surface area contributed by atoms with E-state index in [4.69, 9.17) is 5.11 Å². The number of carbonyl (C=O) groups is 2. The molecular weight excluding hydrogens is 334 g/mol. The number of hydrogen-bond acceptors (Lipinski definition) is 5. The third kappa shape index (κ3) is 3.00. The van der Waals surface area contributed by atoms with Crippen LogP contribution in [0, 0.1) is 0 Å². The molecule has 4 rings (SSSR count). The van der Waals surface area contributed by atoms with Crippen LogP contribution in [0.25, 0.3) is 0 Å². The van der Waals surface area contributed by atoms with Crippen LogP contribution < -0.4 is 0 Å². The van der Waals surface area contributed by atoms with E-state index >= 15 is 0 Å². The molecule has 2 atom stereocenters. The molecule has 1 aromatic carbocycles. The molecule has 7 nitrogen and oxygen atoms in total. The SMILES string of the molecule is CC(=O)N1C[C@@H]2C[C@@H](O)CN2C2(CN(Cc3cccc(C(=O)O)c3)C2)C1. The molecule has 1 aromatic rings. The number of β-amino-alcohol motifs (C(OH)–C–C–N with tert-alkyl or cyclic N) is 1. The van der Waals surface area contributed by atoms with Gasteiger partial charge in [-0.05, 0) is 24.1 Å². The molecule has 26 heavy (non-hydrogen) atoms. The van der Waals surface area contributed by atoms with Gasteiger partial charge < -0.3 is 15.1 Å². The predicted molar refractivity (Wildman–Crippen MR) is 94.8 cm³/mol. The van der Waals surface area contributed by atoms with Crippen molar-refractivity contribution in [1.29, 1.82) is 0 Å². The Balaban J connectivity index is 1.46. The number of aliphatic hydroxyl groups is 1. The number of amides is 1. The topological polar surface area (TPSA) is 84.3 Å². The van der Waals surface area contributed by atoms with Gasteiger partial charge in [0.1, 0.15) is 0 Å². The summed E-state index contributed by atoms with van der Waals surface area (Å²) in [5.41, 5.74) is 1.20. The fourth-order valence-corrected chi connectivity index (χ4v) is 4.89. The molecule has 3 heterocycles. The summed E-state index contributed by atoms with van der Waals surface area (Å²) in [6.45, 7) is 6.06. The molecule has 0 bridgehead atoms. The van der Waals surface area contributed by atoms with Crippen molar-refractivity contribution in [1.82, 2.24) is 14.7 Å². The average molecular weight is 359 g/mol. The lowest BCUT2D eigenvalue weighted by molar-refractivity contribution is -0.149. The van der Waals surface area contributed by atoms with E-state index in [1.165, 1.54) is 0 Å². The highest BCUT2D eigenvalue weighted by atomic mass is 16.4. The number of piperazine rings is 1. The molecule has 0 unspecified atom stereocenters. The first kappa shape index (κ1) is 17.5. The van der Waals surface area contributed by atoms with Gasteiger partial charge >= 0.3 is 5.97 Å². The van der Waals surface area contributed by atoms with E-state index in [1.54, 1.807) is 25.1 Å². The summed E-state index contributed by atoms with van der Waals surface area (Å²) < 4.78 is 0. The van der Waals surface area contributed by atoms with E-state index in [0.29, 0.717) is 31.7 Å². The highest BCUT2D eigenvalue weighted by molar-refractivity contribution is 5.87. The Morgan fingerprint density at radius 3 is 2.69 bits per heavy atom. The van der Waals surface area contributed by atoms with E-state index in [9.17, 15) is 14.7 Å². The van der Waals surface area contributed by atoms with Crippen LogP contribution in [-0.2, 0) is 11.3 Å². The molecule has 0 aliphatic carbocycles. The van der Waals surface area contributed by atoms with Crippen LogP contribution in [0.3, 0.4) is 0 Å². The summed E-state index contributed by atoms with van der Waals surface area (Å²) in [7, 11) is 0. The maximum atomic E-state index is 11.9. The zero-order valence-corrected chi connectivity index (χ0v) is 15.0. The first-order valence-corrected chi connectivity index (χ1v) is 9.11. The molecule has 1 spiro atoms. The maximum Gasteiger partial charge on any atom is 0.335 e. The number of fused-ring (bicyclic) bond motifs is 2. The largest absolute Gasteiger partial charge is 0.478 e. The summed E-state index contributed by atoms with van der Waals surface area (Å²) in [5.74, 6) is -0.816. The van der Waals surface area contributed by atoms with E-state index in [1.807, 2.05) is 11.0 Å². The Bertz CT molecular complexity index is 731. The second kappa shape index (κ2) is 6.33. The molecule has 3 aliphatic rings. The van der Waals surface area contributed by atoms with E-state index < -0.39 is 5.97 Å². The van der Waals surface area contributed by atoms with Crippen molar-refractivity contribution in [3.05, 3.63) is 35.4 Å². The number of benzene rings is 1. The minimum atomic E-state index is -0.912.